The van der Waals surface area contributed by atoms with Gasteiger partial charge >= 0.3 is 0 Å². The highest BCUT2D eigenvalue weighted by Crippen LogP contribution is 2.15. The molecule has 1 aliphatic rings. The lowest BCUT2D eigenvalue weighted by molar-refractivity contribution is 0.419. The summed E-state index contributed by atoms with van der Waals surface area (Å²) < 4.78 is 25.6. The predicted molar refractivity (Wildman–Crippen MR) is 63.7 cm³/mol. The van der Waals surface area contributed by atoms with Crippen molar-refractivity contribution in [3.63, 3.8) is 0 Å². The second-order valence-corrected chi connectivity index (χ2v) is 6.67. The van der Waals surface area contributed by atoms with E-state index in [1.165, 1.54) is 0 Å². The average Bonchev–Trinajstić information content (AvgIpc) is 2.45. The van der Waals surface area contributed by atoms with Gasteiger partial charge in [0, 0.05) is 19.0 Å². The first-order chi connectivity index (χ1) is 7.06. The van der Waals surface area contributed by atoms with Crippen molar-refractivity contribution >= 4 is 21.6 Å². The molecule has 0 spiro atoms. The minimum atomic E-state index is -3.07. The largest absolute Gasteiger partial charge is 0.214 e. The summed E-state index contributed by atoms with van der Waals surface area (Å²) in [4.78, 5) is 0. The van der Waals surface area contributed by atoms with Crippen LogP contribution in [-0.2, 0) is 10.0 Å². The Hall–Kier alpha value is 0.200. The van der Waals surface area contributed by atoms with Crippen LogP contribution in [0, 0.1) is 5.92 Å². The van der Waals surface area contributed by atoms with Crippen LogP contribution in [0.2, 0.25) is 0 Å². The highest BCUT2D eigenvalue weighted by Gasteiger charge is 2.24. The second kappa shape index (κ2) is 6.06. The van der Waals surface area contributed by atoms with Gasteiger partial charge in [0.2, 0.25) is 10.0 Å². The van der Waals surface area contributed by atoms with Crippen LogP contribution in [0.4, 0.5) is 0 Å². The smallest absolute Gasteiger partial charge is 0.212 e. The van der Waals surface area contributed by atoms with Crippen molar-refractivity contribution in [3.8, 4) is 0 Å². The van der Waals surface area contributed by atoms with Gasteiger partial charge < -0.3 is 0 Å². The van der Waals surface area contributed by atoms with Crippen LogP contribution in [0.25, 0.3) is 0 Å². The molecule has 0 aromatic carbocycles. The Morgan fingerprint density at radius 3 is 2.20 bits per heavy atom. The van der Waals surface area contributed by atoms with Crippen LogP contribution < -0.4 is 0 Å². The maximum Gasteiger partial charge on any atom is 0.214 e. The summed E-state index contributed by atoms with van der Waals surface area (Å²) in [7, 11) is -3.07. The molecule has 1 unspecified atom stereocenters. The molecular formula is C10H20ClNO2S. The van der Waals surface area contributed by atoms with E-state index < -0.39 is 10.0 Å². The van der Waals surface area contributed by atoms with Crippen molar-refractivity contribution in [1.82, 2.24) is 4.31 Å². The van der Waals surface area contributed by atoms with Gasteiger partial charge in [-0.3, -0.25) is 0 Å². The van der Waals surface area contributed by atoms with Crippen LogP contribution >= 0.6 is 11.6 Å². The Labute approximate surface area is 97.8 Å². The fourth-order valence-electron chi connectivity index (χ4n) is 1.83. The molecular weight excluding hydrogens is 234 g/mol. The quantitative estimate of drug-likeness (QED) is 0.720. The highest BCUT2D eigenvalue weighted by atomic mass is 35.5. The zero-order chi connectivity index (χ0) is 11.3. The molecule has 1 aliphatic heterocycles. The molecule has 0 bridgehead atoms. The molecule has 0 saturated carbocycles. The Morgan fingerprint density at radius 2 is 1.73 bits per heavy atom. The van der Waals surface area contributed by atoms with Crippen LogP contribution in [0.5, 0.6) is 0 Å². The van der Waals surface area contributed by atoms with Crippen molar-refractivity contribution < 1.29 is 8.42 Å². The molecule has 0 N–H and O–H groups in total. The minimum Gasteiger partial charge on any atom is -0.212 e. The molecule has 1 atom stereocenters. The maximum atomic E-state index is 12.0. The molecule has 5 heteroatoms. The van der Waals surface area contributed by atoms with Gasteiger partial charge in [0.25, 0.3) is 0 Å². The highest BCUT2D eigenvalue weighted by molar-refractivity contribution is 7.89. The second-order valence-electron chi connectivity index (χ2n) is 4.35. The topological polar surface area (TPSA) is 37.4 Å². The number of halogens is 1. The first kappa shape index (κ1) is 13.3. The molecule has 90 valence electrons. The normalized spacial score (nSPS) is 22.3. The van der Waals surface area contributed by atoms with Crippen molar-refractivity contribution in [2.45, 2.75) is 32.6 Å². The molecule has 3 nitrogen and oxygen atoms in total. The van der Waals surface area contributed by atoms with Crippen LogP contribution in [0.15, 0.2) is 0 Å². The van der Waals surface area contributed by atoms with Crippen LogP contribution in [0.3, 0.4) is 0 Å². The Morgan fingerprint density at radius 1 is 1.20 bits per heavy atom. The number of alkyl halides is 1. The number of rotatable bonds is 4. The molecule has 0 radical (unpaired) electrons. The molecule has 0 amide bonds. The molecule has 0 aromatic heterocycles. The molecule has 1 heterocycles. The van der Waals surface area contributed by atoms with Crippen LogP contribution in [-0.4, -0.2) is 37.4 Å². The lowest BCUT2D eigenvalue weighted by Crippen LogP contribution is -2.35. The number of hydrogen-bond donors (Lipinski definition) is 0. The van der Waals surface area contributed by atoms with Gasteiger partial charge in [-0.1, -0.05) is 19.8 Å². The SMILES string of the molecule is CC(CCl)CS(=O)(=O)N1CCCCCC1. The third kappa shape index (κ3) is 4.29. The fraction of sp³-hybridized carbons (Fsp3) is 1.00. The van der Waals surface area contributed by atoms with E-state index in [4.69, 9.17) is 11.6 Å². The van der Waals surface area contributed by atoms with E-state index in [1.807, 2.05) is 6.92 Å². The lowest BCUT2D eigenvalue weighted by Gasteiger charge is -2.21. The third-order valence-corrected chi connectivity index (χ3v) is 5.39. The summed E-state index contributed by atoms with van der Waals surface area (Å²) in [5.74, 6) is 0.642. The predicted octanol–water partition coefficient (Wildman–Crippen LogP) is 2.07. The third-order valence-electron chi connectivity index (χ3n) is 2.72. The van der Waals surface area contributed by atoms with E-state index >= 15 is 0 Å². The van der Waals surface area contributed by atoms with E-state index in [1.54, 1.807) is 4.31 Å². The first-order valence-corrected chi connectivity index (χ1v) is 7.74. The van der Waals surface area contributed by atoms with E-state index in [2.05, 4.69) is 0 Å². The fourth-order valence-corrected chi connectivity index (χ4v) is 3.93. The van der Waals surface area contributed by atoms with Gasteiger partial charge in [-0.05, 0) is 18.8 Å². The van der Waals surface area contributed by atoms with Crippen molar-refractivity contribution in [2.24, 2.45) is 5.92 Å². The Bertz CT molecular complexity index is 271. The monoisotopic (exact) mass is 253 g/mol. The molecule has 1 fully saturated rings. The van der Waals surface area contributed by atoms with E-state index in [0.717, 1.165) is 25.7 Å². The summed E-state index contributed by atoms with van der Waals surface area (Å²) in [6.07, 6.45) is 4.29. The summed E-state index contributed by atoms with van der Waals surface area (Å²) in [6.45, 7) is 3.26. The summed E-state index contributed by atoms with van der Waals surface area (Å²) >= 11 is 5.65. The average molecular weight is 254 g/mol. The number of nitrogens with zero attached hydrogens (tertiary/aromatic N) is 1. The van der Waals surface area contributed by atoms with Crippen LogP contribution in [0.1, 0.15) is 32.6 Å². The number of sulfonamides is 1. The van der Waals surface area contributed by atoms with E-state index in [-0.39, 0.29) is 11.7 Å². The van der Waals surface area contributed by atoms with Gasteiger partial charge in [-0.15, -0.1) is 11.6 Å². The summed E-state index contributed by atoms with van der Waals surface area (Å²) in [5.41, 5.74) is 0. The van der Waals surface area contributed by atoms with Gasteiger partial charge in [0.1, 0.15) is 0 Å². The van der Waals surface area contributed by atoms with Gasteiger partial charge in [0.15, 0.2) is 0 Å². The Kier molecular flexibility index (Phi) is 5.36. The Balaban J connectivity index is 2.58. The number of hydrogen-bond acceptors (Lipinski definition) is 2. The van der Waals surface area contributed by atoms with Gasteiger partial charge in [-0.25, -0.2) is 12.7 Å². The zero-order valence-corrected chi connectivity index (χ0v) is 10.9. The molecule has 1 rings (SSSR count). The standard InChI is InChI=1S/C10H20ClNO2S/c1-10(8-11)9-15(13,14)12-6-4-2-3-5-7-12/h10H,2-9H2,1H3. The lowest BCUT2D eigenvalue weighted by atomic mass is 10.2. The molecule has 15 heavy (non-hydrogen) atoms. The minimum absolute atomic E-state index is 0.0416. The molecule has 1 saturated heterocycles. The van der Waals surface area contributed by atoms with Gasteiger partial charge in [0.05, 0.1) is 5.75 Å². The summed E-state index contributed by atoms with van der Waals surface area (Å²) in [5, 5.41) is 0. The molecule has 0 aromatic rings. The first-order valence-electron chi connectivity index (χ1n) is 5.60. The zero-order valence-electron chi connectivity index (χ0n) is 9.28. The van der Waals surface area contributed by atoms with Gasteiger partial charge in [-0.2, -0.15) is 0 Å². The van der Waals surface area contributed by atoms with Crippen molar-refractivity contribution in [2.75, 3.05) is 24.7 Å². The summed E-state index contributed by atoms with van der Waals surface area (Å²) in [6, 6.07) is 0. The van der Waals surface area contributed by atoms with E-state index in [0.29, 0.717) is 19.0 Å². The van der Waals surface area contributed by atoms with E-state index in [9.17, 15) is 8.42 Å². The maximum absolute atomic E-state index is 12.0. The van der Waals surface area contributed by atoms with Crippen molar-refractivity contribution in [1.29, 1.82) is 0 Å². The molecule has 0 aliphatic carbocycles. The van der Waals surface area contributed by atoms with Crippen molar-refractivity contribution in [3.05, 3.63) is 0 Å².